The Balaban J connectivity index is 1.97. The van der Waals surface area contributed by atoms with E-state index >= 15 is 0 Å². The number of nitrogens with two attached hydrogens (primary N) is 1. The lowest BCUT2D eigenvalue weighted by Gasteiger charge is -2.22. The highest BCUT2D eigenvalue weighted by atomic mass is 16.5. The molecule has 0 aromatic heterocycles. The van der Waals surface area contributed by atoms with Crippen LogP contribution in [0.3, 0.4) is 0 Å². The third kappa shape index (κ3) is 3.42. The van der Waals surface area contributed by atoms with Crippen molar-refractivity contribution in [1.29, 1.82) is 0 Å². The average molecular weight is 278 g/mol. The first-order valence-corrected chi connectivity index (χ1v) is 7.07. The molecule has 1 fully saturated rings. The fourth-order valence-electron chi connectivity index (χ4n) is 2.53. The summed E-state index contributed by atoms with van der Waals surface area (Å²) in [5, 5.41) is 13.0. The zero-order valence-corrected chi connectivity index (χ0v) is 11.8. The molecule has 5 heteroatoms. The summed E-state index contributed by atoms with van der Waals surface area (Å²) in [6, 6.07) is 4.96. The number of aliphatic hydroxyl groups is 1. The zero-order valence-electron chi connectivity index (χ0n) is 11.8. The molecule has 0 heterocycles. The van der Waals surface area contributed by atoms with E-state index in [0.717, 1.165) is 25.7 Å². The number of hydrogen-bond donors (Lipinski definition) is 3. The maximum atomic E-state index is 12.0. The number of rotatable bonds is 5. The quantitative estimate of drug-likeness (QED) is 0.716. The number of ether oxygens (including phenoxy) is 1. The average Bonchev–Trinajstić information content (AvgIpc) is 2.86. The van der Waals surface area contributed by atoms with Gasteiger partial charge in [0.1, 0.15) is 5.75 Å². The SMILES string of the molecule is CCOc1ccc(C(=O)NCC2(O)CCCC2)cc1N. The van der Waals surface area contributed by atoms with Crippen LogP contribution in [0, 0.1) is 0 Å². The third-order valence-electron chi connectivity index (χ3n) is 3.68. The van der Waals surface area contributed by atoms with E-state index in [4.69, 9.17) is 10.5 Å². The first kappa shape index (κ1) is 14.7. The first-order chi connectivity index (χ1) is 9.54. The van der Waals surface area contributed by atoms with Gasteiger partial charge in [-0.25, -0.2) is 0 Å². The van der Waals surface area contributed by atoms with Gasteiger partial charge < -0.3 is 20.9 Å². The summed E-state index contributed by atoms with van der Waals surface area (Å²) >= 11 is 0. The highest BCUT2D eigenvalue weighted by Crippen LogP contribution is 2.28. The predicted octanol–water partition coefficient (Wildman–Crippen LogP) is 1.70. The van der Waals surface area contributed by atoms with Crippen LogP contribution in [0.2, 0.25) is 0 Å². The summed E-state index contributed by atoms with van der Waals surface area (Å²) in [6.45, 7) is 2.70. The number of carbonyl (C=O) groups is 1. The van der Waals surface area contributed by atoms with Gasteiger partial charge in [0.2, 0.25) is 0 Å². The van der Waals surface area contributed by atoms with Gasteiger partial charge in [-0.05, 0) is 38.0 Å². The summed E-state index contributed by atoms with van der Waals surface area (Å²) < 4.78 is 5.33. The van der Waals surface area contributed by atoms with Crippen LogP contribution in [0.1, 0.15) is 43.0 Å². The molecule has 1 aromatic rings. The number of carbonyl (C=O) groups excluding carboxylic acids is 1. The van der Waals surface area contributed by atoms with Crippen molar-refractivity contribution in [3.8, 4) is 5.75 Å². The summed E-state index contributed by atoms with van der Waals surface area (Å²) in [7, 11) is 0. The fourth-order valence-corrected chi connectivity index (χ4v) is 2.53. The fraction of sp³-hybridized carbons (Fsp3) is 0.533. The largest absolute Gasteiger partial charge is 0.492 e. The van der Waals surface area contributed by atoms with Gasteiger partial charge in [0.25, 0.3) is 5.91 Å². The van der Waals surface area contributed by atoms with Gasteiger partial charge in [-0.2, -0.15) is 0 Å². The maximum absolute atomic E-state index is 12.0. The number of anilines is 1. The van der Waals surface area contributed by atoms with Crippen molar-refractivity contribution in [2.45, 2.75) is 38.2 Å². The highest BCUT2D eigenvalue weighted by Gasteiger charge is 2.31. The molecule has 0 aliphatic heterocycles. The van der Waals surface area contributed by atoms with Gasteiger partial charge in [-0.15, -0.1) is 0 Å². The molecule has 5 nitrogen and oxygen atoms in total. The van der Waals surface area contributed by atoms with E-state index in [-0.39, 0.29) is 5.91 Å². The van der Waals surface area contributed by atoms with Crippen LogP contribution in [0.15, 0.2) is 18.2 Å². The molecule has 20 heavy (non-hydrogen) atoms. The number of benzene rings is 1. The van der Waals surface area contributed by atoms with Gasteiger partial charge in [-0.1, -0.05) is 12.8 Å². The molecule has 4 N–H and O–H groups in total. The molecule has 0 atom stereocenters. The molecule has 2 rings (SSSR count). The molecule has 1 aromatic carbocycles. The molecule has 1 aliphatic rings. The molecule has 0 saturated heterocycles. The van der Waals surface area contributed by atoms with E-state index in [2.05, 4.69) is 5.32 Å². The molecule has 0 radical (unpaired) electrons. The molecule has 110 valence electrons. The Bertz CT molecular complexity index is 482. The van der Waals surface area contributed by atoms with Crippen molar-refractivity contribution in [3.63, 3.8) is 0 Å². The van der Waals surface area contributed by atoms with Crippen LogP contribution < -0.4 is 15.8 Å². The summed E-state index contributed by atoms with van der Waals surface area (Å²) in [5.74, 6) is 0.360. The molecule has 1 amide bonds. The Morgan fingerprint density at radius 3 is 2.75 bits per heavy atom. The van der Waals surface area contributed by atoms with Crippen molar-refractivity contribution in [3.05, 3.63) is 23.8 Å². The van der Waals surface area contributed by atoms with Gasteiger partial charge in [0, 0.05) is 12.1 Å². The second kappa shape index (κ2) is 6.13. The Hall–Kier alpha value is -1.75. The van der Waals surface area contributed by atoms with Crippen molar-refractivity contribution in [2.24, 2.45) is 0 Å². The Morgan fingerprint density at radius 1 is 1.45 bits per heavy atom. The van der Waals surface area contributed by atoms with Crippen molar-refractivity contribution in [1.82, 2.24) is 5.32 Å². The molecular weight excluding hydrogens is 256 g/mol. The van der Waals surface area contributed by atoms with Crippen LogP contribution in [0.4, 0.5) is 5.69 Å². The van der Waals surface area contributed by atoms with Crippen molar-refractivity contribution >= 4 is 11.6 Å². The normalized spacial score (nSPS) is 16.9. The number of nitrogen functional groups attached to an aromatic ring is 1. The van der Waals surface area contributed by atoms with E-state index in [1.54, 1.807) is 18.2 Å². The Labute approximate surface area is 119 Å². The van der Waals surface area contributed by atoms with Crippen molar-refractivity contribution in [2.75, 3.05) is 18.9 Å². The van der Waals surface area contributed by atoms with E-state index in [1.807, 2.05) is 6.92 Å². The second-order valence-corrected chi connectivity index (χ2v) is 5.30. The molecule has 0 unspecified atom stereocenters. The van der Waals surface area contributed by atoms with E-state index in [0.29, 0.717) is 30.2 Å². The highest BCUT2D eigenvalue weighted by molar-refractivity contribution is 5.95. The third-order valence-corrected chi connectivity index (χ3v) is 3.68. The molecule has 1 saturated carbocycles. The number of amides is 1. The van der Waals surface area contributed by atoms with E-state index in [9.17, 15) is 9.90 Å². The van der Waals surface area contributed by atoms with Gasteiger partial charge in [0.15, 0.2) is 0 Å². The lowest BCUT2D eigenvalue weighted by atomic mass is 10.0. The Kier molecular flexibility index (Phi) is 4.49. The minimum Gasteiger partial charge on any atom is -0.492 e. The lowest BCUT2D eigenvalue weighted by Crippen LogP contribution is -2.40. The van der Waals surface area contributed by atoms with Gasteiger partial charge in [-0.3, -0.25) is 4.79 Å². The smallest absolute Gasteiger partial charge is 0.251 e. The van der Waals surface area contributed by atoms with Gasteiger partial charge in [0.05, 0.1) is 17.9 Å². The summed E-state index contributed by atoms with van der Waals surface area (Å²) in [5.41, 5.74) is 6.01. The standard InChI is InChI=1S/C15H22N2O3/c1-2-20-13-6-5-11(9-12(13)16)14(18)17-10-15(19)7-3-4-8-15/h5-6,9,19H,2-4,7-8,10,16H2,1H3,(H,17,18). The summed E-state index contributed by atoms with van der Waals surface area (Å²) in [4.78, 5) is 12.0. The topological polar surface area (TPSA) is 84.6 Å². The molecule has 1 aliphatic carbocycles. The zero-order chi connectivity index (χ0) is 14.6. The minimum atomic E-state index is -0.744. The van der Waals surface area contributed by atoms with Crippen LogP contribution in [-0.2, 0) is 0 Å². The van der Waals surface area contributed by atoms with Gasteiger partial charge >= 0.3 is 0 Å². The number of hydrogen-bond acceptors (Lipinski definition) is 4. The monoisotopic (exact) mass is 278 g/mol. The van der Waals surface area contributed by atoms with Crippen LogP contribution in [0.25, 0.3) is 0 Å². The Morgan fingerprint density at radius 2 is 2.15 bits per heavy atom. The minimum absolute atomic E-state index is 0.222. The van der Waals surface area contributed by atoms with Crippen LogP contribution in [-0.4, -0.2) is 29.8 Å². The van der Waals surface area contributed by atoms with E-state index < -0.39 is 5.60 Å². The van der Waals surface area contributed by atoms with Crippen molar-refractivity contribution < 1.29 is 14.6 Å². The molecule has 0 spiro atoms. The molecule has 0 bridgehead atoms. The molecular formula is C15H22N2O3. The van der Waals surface area contributed by atoms with Crippen LogP contribution in [0.5, 0.6) is 5.75 Å². The number of nitrogens with one attached hydrogen (secondary N) is 1. The second-order valence-electron chi connectivity index (χ2n) is 5.30. The summed E-state index contributed by atoms with van der Waals surface area (Å²) in [6.07, 6.45) is 3.53. The predicted molar refractivity (Wildman–Crippen MR) is 77.8 cm³/mol. The van der Waals surface area contributed by atoms with E-state index in [1.165, 1.54) is 0 Å². The maximum Gasteiger partial charge on any atom is 0.251 e. The van der Waals surface area contributed by atoms with Crippen LogP contribution >= 0.6 is 0 Å². The lowest BCUT2D eigenvalue weighted by molar-refractivity contribution is 0.0449. The first-order valence-electron chi connectivity index (χ1n) is 7.07.